The van der Waals surface area contributed by atoms with Crippen molar-refractivity contribution in [1.82, 2.24) is 9.88 Å². The van der Waals surface area contributed by atoms with Crippen LogP contribution in [0.3, 0.4) is 0 Å². The van der Waals surface area contributed by atoms with Gasteiger partial charge in [-0.2, -0.15) is 0 Å². The summed E-state index contributed by atoms with van der Waals surface area (Å²) in [6.07, 6.45) is 4.64. The maximum absolute atomic E-state index is 12.7. The van der Waals surface area contributed by atoms with Gasteiger partial charge in [0.05, 0.1) is 12.3 Å². The lowest BCUT2D eigenvalue weighted by Crippen LogP contribution is -2.28. The second-order valence-electron chi connectivity index (χ2n) is 9.40. The summed E-state index contributed by atoms with van der Waals surface area (Å²) in [7, 11) is 0. The van der Waals surface area contributed by atoms with E-state index >= 15 is 0 Å². The van der Waals surface area contributed by atoms with Gasteiger partial charge in [0.1, 0.15) is 5.75 Å². The van der Waals surface area contributed by atoms with Crippen molar-refractivity contribution in [1.29, 1.82) is 0 Å². The van der Waals surface area contributed by atoms with Crippen LogP contribution in [0.4, 0.5) is 0 Å². The summed E-state index contributed by atoms with van der Waals surface area (Å²) in [6.45, 7) is 7.88. The maximum atomic E-state index is 12.7. The highest BCUT2D eigenvalue weighted by atomic mass is 16.5. The van der Waals surface area contributed by atoms with Gasteiger partial charge in [-0.25, -0.2) is 0 Å². The van der Waals surface area contributed by atoms with E-state index in [0.29, 0.717) is 30.4 Å². The van der Waals surface area contributed by atoms with Gasteiger partial charge in [0.25, 0.3) is 0 Å². The fraction of sp³-hybridized carbons (Fsp3) is 0.500. The van der Waals surface area contributed by atoms with E-state index in [2.05, 4.69) is 23.7 Å². The summed E-state index contributed by atoms with van der Waals surface area (Å²) >= 11 is 0. The number of carbonyl (C=O) groups is 2. The molecule has 1 aromatic heterocycles. The summed E-state index contributed by atoms with van der Waals surface area (Å²) in [4.78, 5) is 24.5. The summed E-state index contributed by atoms with van der Waals surface area (Å²) in [5.74, 6) is 0.333. The predicted molar refractivity (Wildman–Crippen MR) is 117 cm³/mol. The van der Waals surface area contributed by atoms with Crippen LogP contribution in [-0.4, -0.2) is 35.5 Å². The van der Waals surface area contributed by atoms with Crippen molar-refractivity contribution in [3.05, 3.63) is 46.8 Å². The van der Waals surface area contributed by atoms with Gasteiger partial charge < -0.3 is 20.4 Å². The van der Waals surface area contributed by atoms with Crippen LogP contribution >= 0.6 is 0 Å². The Bertz CT molecular complexity index is 984. The highest BCUT2D eigenvalue weighted by molar-refractivity contribution is 5.99. The standard InChI is InChI=1S/C24H31N3O3/c1-15-11-18-20(13-24(2,3)14-21(18)28)27(15)19-7-6-16(23(25)29)12-22(19)30-10-8-17-5-4-9-26-17/h6-7,11-12,17,26H,4-5,8-10,13-14H2,1-3H3,(H2,25,29). The number of hydrogen-bond acceptors (Lipinski definition) is 4. The number of rotatable bonds is 6. The number of Topliss-reactive ketones (excluding diaryl/α,β-unsaturated/α-hetero) is 1. The number of benzene rings is 1. The fourth-order valence-electron chi connectivity index (χ4n) is 4.77. The minimum absolute atomic E-state index is 0.0883. The Labute approximate surface area is 177 Å². The third-order valence-electron chi connectivity index (χ3n) is 6.24. The van der Waals surface area contributed by atoms with Crippen LogP contribution in [-0.2, 0) is 6.42 Å². The number of ether oxygens (including phenoxy) is 1. The van der Waals surface area contributed by atoms with Gasteiger partial charge >= 0.3 is 0 Å². The van der Waals surface area contributed by atoms with Crippen molar-refractivity contribution >= 4 is 11.7 Å². The van der Waals surface area contributed by atoms with Crippen molar-refractivity contribution in [2.24, 2.45) is 11.1 Å². The molecule has 1 unspecified atom stereocenters. The van der Waals surface area contributed by atoms with E-state index in [-0.39, 0.29) is 11.2 Å². The van der Waals surface area contributed by atoms with E-state index in [1.165, 1.54) is 12.8 Å². The van der Waals surface area contributed by atoms with Gasteiger partial charge in [-0.3, -0.25) is 9.59 Å². The van der Waals surface area contributed by atoms with Gasteiger partial charge in [-0.1, -0.05) is 13.8 Å². The maximum Gasteiger partial charge on any atom is 0.248 e. The number of ketones is 1. The minimum atomic E-state index is -0.480. The van der Waals surface area contributed by atoms with Gasteiger partial charge in [-0.15, -0.1) is 0 Å². The average molecular weight is 410 g/mol. The Balaban J connectivity index is 1.71. The monoisotopic (exact) mass is 409 g/mol. The molecule has 0 radical (unpaired) electrons. The van der Waals surface area contributed by atoms with Crippen molar-refractivity contribution in [2.75, 3.05) is 13.2 Å². The van der Waals surface area contributed by atoms with Gasteiger partial charge in [0.15, 0.2) is 5.78 Å². The average Bonchev–Trinajstić information content (AvgIpc) is 3.29. The Morgan fingerprint density at radius 1 is 1.30 bits per heavy atom. The van der Waals surface area contributed by atoms with E-state index in [1.54, 1.807) is 12.1 Å². The molecule has 0 spiro atoms. The highest BCUT2D eigenvalue weighted by Gasteiger charge is 2.34. The molecule has 1 amide bonds. The van der Waals surface area contributed by atoms with E-state index in [9.17, 15) is 9.59 Å². The molecule has 1 aliphatic heterocycles. The van der Waals surface area contributed by atoms with Crippen molar-refractivity contribution in [3.63, 3.8) is 0 Å². The lowest BCUT2D eigenvalue weighted by molar-refractivity contribution is 0.0910. The van der Waals surface area contributed by atoms with Crippen LogP contribution in [0, 0.1) is 12.3 Å². The van der Waals surface area contributed by atoms with Crippen LogP contribution in [0.25, 0.3) is 5.69 Å². The van der Waals surface area contributed by atoms with Crippen molar-refractivity contribution < 1.29 is 14.3 Å². The second-order valence-corrected chi connectivity index (χ2v) is 9.40. The topological polar surface area (TPSA) is 86.3 Å². The van der Waals surface area contributed by atoms with Gasteiger partial charge in [-0.05, 0) is 68.8 Å². The molecule has 1 aliphatic carbocycles. The number of aryl methyl sites for hydroxylation is 1. The van der Waals surface area contributed by atoms with Gasteiger partial charge in [0.2, 0.25) is 5.91 Å². The van der Waals surface area contributed by atoms with Crippen LogP contribution in [0.5, 0.6) is 5.75 Å². The second kappa shape index (κ2) is 7.91. The molecule has 160 valence electrons. The molecule has 1 fully saturated rings. The minimum Gasteiger partial charge on any atom is -0.491 e. The summed E-state index contributed by atoms with van der Waals surface area (Å²) < 4.78 is 8.30. The zero-order chi connectivity index (χ0) is 21.5. The SMILES string of the molecule is Cc1cc2c(n1-c1ccc(C(N)=O)cc1OCCC1CCCN1)CC(C)(C)CC2=O. The smallest absolute Gasteiger partial charge is 0.248 e. The molecular formula is C24H31N3O3. The first-order valence-corrected chi connectivity index (χ1v) is 10.8. The highest BCUT2D eigenvalue weighted by Crippen LogP contribution is 2.39. The molecule has 6 nitrogen and oxygen atoms in total. The van der Waals surface area contributed by atoms with Crippen LogP contribution in [0.2, 0.25) is 0 Å². The number of nitrogens with zero attached hydrogens (tertiary/aromatic N) is 1. The lowest BCUT2D eigenvalue weighted by atomic mass is 9.76. The molecule has 0 saturated carbocycles. The van der Waals surface area contributed by atoms with Crippen molar-refractivity contribution in [2.45, 2.75) is 58.9 Å². The third kappa shape index (κ3) is 4.01. The zero-order valence-corrected chi connectivity index (χ0v) is 18.1. The molecule has 2 heterocycles. The lowest BCUT2D eigenvalue weighted by Gasteiger charge is -2.30. The largest absolute Gasteiger partial charge is 0.491 e. The molecule has 1 saturated heterocycles. The molecular weight excluding hydrogens is 378 g/mol. The Morgan fingerprint density at radius 3 is 2.80 bits per heavy atom. The number of hydrogen-bond donors (Lipinski definition) is 2. The summed E-state index contributed by atoms with van der Waals surface area (Å²) in [5.41, 5.74) is 9.50. The van der Waals surface area contributed by atoms with Crippen molar-refractivity contribution in [3.8, 4) is 11.4 Å². The van der Waals surface area contributed by atoms with Crippen LogP contribution < -0.4 is 15.8 Å². The first-order valence-electron chi connectivity index (χ1n) is 10.8. The number of nitrogens with two attached hydrogens (primary N) is 1. The number of aromatic nitrogens is 1. The number of primary amides is 1. The predicted octanol–water partition coefficient (Wildman–Crippen LogP) is 3.56. The molecule has 3 N–H and O–H groups in total. The molecule has 1 aromatic carbocycles. The summed E-state index contributed by atoms with van der Waals surface area (Å²) in [6, 6.07) is 7.78. The Hall–Kier alpha value is -2.60. The number of nitrogens with one attached hydrogen (secondary N) is 1. The molecule has 1 atom stereocenters. The number of amides is 1. The van der Waals surface area contributed by atoms with E-state index < -0.39 is 5.91 Å². The molecule has 2 aliphatic rings. The zero-order valence-electron chi connectivity index (χ0n) is 18.1. The number of fused-ring (bicyclic) bond motifs is 1. The summed E-state index contributed by atoms with van der Waals surface area (Å²) in [5, 5.41) is 3.48. The Morgan fingerprint density at radius 2 is 2.10 bits per heavy atom. The molecule has 4 rings (SSSR count). The first-order chi connectivity index (χ1) is 14.2. The molecule has 30 heavy (non-hydrogen) atoms. The van der Waals surface area contributed by atoms with E-state index in [0.717, 1.165) is 42.0 Å². The van der Waals surface area contributed by atoms with E-state index in [1.807, 2.05) is 19.1 Å². The first kappa shape index (κ1) is 20.7. The molecule has 0 bridgehead atoms. The normalized spacial score (nSPS) is 20.2. The Kier molecular flexibility index (Phi) is 5.45. The molecule has 6 heteroatoms. The number of carbonyl (C=O) groups excluding carboxylic acids is 2. The van der Waals surface area contributed by atoms with Crippen LogP contribution in [0.1, 0.15) is 71.6 Å². The van der Waals surface area contributed by atoms with E-state index in [4.69, 9.17) is 10.5 Å². The van der Waals surface area contributed by atoms with Crippen LogP contribution in [0.15, 0.2) is 24.3 Å². The third-order valence-corrected chi connectivity index (χ3v) is 6.24. The fourth-order valence-corrected chi connectivity index (χ4v) is 4.77. The van der Waals surface area contributed by atoms with Gasteiger partial charge in [0, 0.05) is 35.0 Å². The quantitative estimate of drug-likeness (QED) is 0.764. The molecule has 2 aromatic rings.